The van der Waals surface area contributed by atoms with Gasteiger partial charge in [-0.3, -0.25) is 0 Å². The zero-order valence-electron chi connectivity index (χ0n) is 30.6. The monoisotopic (exact) mass is 817 g/mol. The molecule has 5 aromatic carbocycles. The van der Waals surface area contributed by atoms with E-state index in [1.54, 1.807) is 48.5 Å². The predicted octanol–water partition coefficient (Wildman–Crippen LogP) is 13.1. The molecule has 284 valence electrons. The molecule has 5 aromatic rings. The fourth-order valence-electron chi connectivity index (χ4n) is 4.95. The van der Waals surface area contributed by atoms with Gasteiger partial charge in [0.25, 0.3) is 0 Å². The lowest BCUT2D eigenvalue weighted by Gasteiger charge is -2.46. The second kappa shape index (κ2) is 19.4. The number of rotatable bonds is 18. The van der Waals surface area contributed by atoms with Crippen LogP contribution in [0.2, 0.25) is 0 Å². The Morgan fingerprint density at radius 1 is 0.564 bits per heavy atom. The van der Waals surface area contributed by atoms with Gasteiger partial charge in [-0.25, -0.2) is 4.52 Å². The summed E-state index contributed by atoms with van der Waals surface area (Å²) in [5, 5.41) is 0. The van der Waals surface area contributed by atoms with E-state index in [0.29, 0.717) is 37.3 Å². The van der Waals surface area contributed by atoms with E-state index in [9.17, 15) is 0 Å². The van der Waals surface area contributed by atoms with Crippen LogP contribution in [0.3, 0.4) is 0 Å². The lowest BCUT2D eigenvalue weighted by atomic mass is 10.2. The highest BCUT2D eigenvalue weighted by molar-refractivity contribution is 7.66. The van der Waals surface area contributed by atoms with Crippen molar-refractivity contribution < 1.29 is 37.3 Å². The van der Waals surface area contributed by atoms with Crippen LogP contribution in [0.1, 0.15) is 27.7 Å². The topological polar surface area (TPSA) is 123 Å². The fourth-order valence-corrected chi connectivity index (χ4v) is 10.9. The predicted molar refractivity (Wildman–Crippen MR) is 217 cm³/mol. The van der Waals surface area contributed by atoms with E-state index in [1.807, 2.05) is 131 Å². The molecule has 1 aliphatic heterocycles. The highest BCUT2D eigenvalue weighted by Gasteiger charge is 2.69. The number of hydrogen-bond donors (Lipinski definition) is 0. The number of benzene rings is 5. The molecule has 0 N–H and O–H groups in total. The Morgan fingerprint density at radius 2 is 1.00 bits per heavy atom. The molecule has 0 aromatic heterocycles. The van der Waals surface area contributed by atoms with Crippen LogP contribution in [0.15, 0.2) is 170 Å². The maximum absolute atomic E-state index is 7.37. The maximum atomic E-state index is 7.37. The molecule has 1 heterocycles. The molecule has 6 rings (SSSR count). The molecule has 0 saturated heterocycles. The summed E-state index contributed by atoms with van der Waals surface area (Å²) in [5.41, 5.74) is 0. The fraction of sp³-hybridized carbons (Fsp3) is 0.231. The molecule has 0 aliphatic carbocycles. The molecule has 0 saturated carbocycles. The van der Waals surface area contributed by atoms with Gasteiger partial charge in [0, 0.05) is 9.03 Å². The van der Waals surface area contributed by atoms with Crippen LogP contribution in [0.25, 0.3) is 0 Å². The highest BCUT2D eigenvalue weighted by Crippen LogP contribution is 2.66. The van der Waals surface area contributed by atoms with E-state index in [0.717, 1.165) is 0 Å². The number of para-hydroxylation sites is 5. The smallest absolute Gasteiger partial charge is 0.486 e. The van der Waals surface area contributed by atoms with Crippen molar-refractivity contribution in [1.82, 2.24) is 0 Å². The van der Waals surface area contributed by atoms with Crippen molar-refractivity contribution in [2.45, 2.75) is 51.7 Å². The minimum Gasteiger partial charge on any atom is -0.486 e. The molecule has 1 aliphatic rings. The minimum atomic E-state index is -3.92. The van der Waals surface area contributed by atoms with Crippen molar-refractivity contribution >= 4 is 32.8 Å². The van der Waals surface area contributed by atoms with Gasteiger partial charge >= 0.3 is 27.5 Å². The van der Waals surface area contributed by atoms with E-state index < -0.39 is 40.2 Å². The van der Waals surface area contributed by atoms with Crippen LogP contribution in [0, 0.1) is 0 Å². The van der Waals surface area contributed by atoms with E-state index in [1.165, 1.54) is 0 Å². The first-order chi connectivity index (χ1) is 26.8. The van der Waals surface area contributed by atoms with Gasteiger partial charge in [-0.15, -0.1) is 4.52 Å². The van der Waals surface area contributed by atoms with Crippen molar-refractivity contribution in [3.8, 4) is 28.7 Å². The molecule has 55 heavy (non-hydrogen) atoms. The van der Waals surface area contributed by atoms with Crippen molar-refractivity contribution in [2.24, 2.45) is 18.1 Å². The zero-order valence-corrected chi connectivity index (χ0v) is 34.2. The summed E-state index contributed by atoms with van der Waals surface area (Å²) in [6.07, 6.45) is -0.690. The van der Waals surface area contributed by atoms with Crippen LogP contribution in [-0.4, -0.2) is 30.6 Å². The Hall–Kier alpha value is -4.49. The minimum absolute atomic E-state index is 0.234. The van der Waals surface area contributed by atoms with E-state index in [-0.39, 0.29) is 14.6 Å². The Bertz CT molecular complexity index is 1980. The zero-order chi connectivity index (χ0) is 38.4. The molecule has 0 spiro atoms. The maximum Gasteiger partial charge on any atom is 0.548 e. The molecular formula is C39H41N4O8P4+. The van der Waals surface area contributed by atoms with Crippen molar-refractivity contribution in [1.29, 1.82) is 0 Å². The lowest BCUT2D eigenvalue weighted by Crippen LogP contribution is -2.71. The van der Waals surface area contributed by atoms with Crippen LogP contribution in [-0.2, 0) is 13.6 Å². The van der Waals surface area contributed by atoms with Crippen molar-refractivity contribution in [3.63, 3.8) is 0 Å². The van der Waals surface area contributed by atoms with Gasteiger partial charge in [0.05, 0.1) is 6.10 Å². The number of ether oxygens (including phenoxy) is 5. The van der Waals surface area contributed by atoms with E-state index in [4.69, 9.17) is 46.3 Å². The molecule has 0 fully saturated rings. The van der Waals surface area contributed by atoms with Gasteiger partial charge in [0.15, 0.2) is 15.1 Å². The van der Waals surface area contributed by atoms with Crippen LogP contribution in [0.4, 0.5) is 0 Å². The van der Waals surface area contributed by atoms with Crippen LogP contribution >= 0.6 is 32.8 Å². The summed E-state index contributed by atoms with van der Waals surface area (Å²) in [6, 6.07) is 45.6. The third-order valence-electron chi connectivity index (χ3n) is 7.11. The second-order valence-corrected chi connectivity index (χ2v) is 17.6. The summed E-state index contributed by atoms with van der Waals surface area (Å²) in [5.74, 6) is -2.76. The normalized spacial score (nSPS) is 17.8. The molecule has 0 radical (unpaired) electrons. The summed E-state index contributed by atoms with van der Waals surface area (Å²) in [7, 11) is -5.14. The SMILES string of the molecule is CC(C)O[P+]1=NP(OC(C)C)(OC(COc2ccccc2)(Oc2ccccc2)C(Oc2ccccc2)(Oc2ccccc2)Oc2ccccc2)=NP=NP=N1. The van der Waals surface area contributed by atoms with Crippen LogP contribution in [0.5, 0.6) is 28.7 Å². The largest absolute Gasteiger partial charge is 0.548 e. The van der Waals surface area contributed by atoms with Crippen LogP contribution < -0.4 is 23.7 Å². The van der Waals surface area contributed by atoms with Gasteiger partial charge in [0.2, 0.25) is 8.52 Å². The first kappa shape index (κ1) is 40.2. The Morgan fingerprint density at radius 3 is 1.44 bits per heavy atom. The number of hydrogen-bond acceptors (Lipinski definition) is 12. The Kier molecular flexibility index (Phi) is 14.2. The summed E-state index contributed by atoms with van der Waals surface area (Å²) in [6.45, 7) is 7.10. The third-order valence-corrected chi connectivity index (χ3v) is 13.3. The molecular weight excluding hydrogens is 776 g/mol. The molecule has 16 heteroatoms. The lowest BCUT2D eigenvalue weighted by molar-refractivity contribution is -0.392. The standard InChI is InChI=1S/C39H41N4O8P4/c1-31(2)49-54-41-52-40-53-42-55(43-54,50-32(3)4)51-38(45-34-22-12-6-13-23-34,30-44-33-20-10-5-11-21-33)39(46-35-24-14-7-15-25-35,47-36-26-16-8-17-27-36)48-37-28-18-9-19-29-37/h5-29,31-32H,30H2,1-4H3/q+1. The van der Waals surface area contributed by atoms with Gasteiger partial charge in [-0.05, 0) is 88.4 Å². The van der Waals surface area contributed by atoms with Crippen molar-refractivity contribution in [2.75, 3.05) is 6.61 Å². The highest BCUT2D eigenvalue weighted by atomic mass is 31.2. The van der Waals surface area contributed by atoms with E-state index in [2.05, 4.69) is 9.03 Å². The van der Waals surface area contributed by atoms with Gasteiger partial charge in [-0.1, -0.05) is 91.0 Å². The molecule has 0 amide bonds. The van der Waals surface area contributed by atoms with Gasteiger partial charge < -0.3 is 28.2 Å². The van der Waals surface area contributed by atoms with Gasteiger partial charge in [0.1, 0.15) is 34.9 Å². The quantitative estimate of drug-likeness (QED) is 0.0632. The molecule has 0 bridgehead atoms. The third kappa shape index (κ3) is 11.3. The summed E-state index contributed by atoms with van der Waals surface area (Å²) >= 11 is 0. The summed E-state index contributed by atoms with van der Waals surface area (Å²) in [4.78, 5) is 0. The van der Waals surface area contributed by atoms with Gasteiger partial charge in [-0.2, -0.15) is 9.03 Å². The first-order valence-corrected chi connectivity index (χ1v) is 21.7. The van der Waals surface area contributed by atoms with E-state index >= 15 is 0 Å². The number of nitrogens with zero attached hydrogens (tertiary/aromatic N) is 4. The molecule has 3 atom stereocenters. The average molecular weight is 818 g/mol. The molecule has 3 unspecified atom stereocenters. The van der Waals surface area contributed by atoms with Crippen molar-refractivity contribution in [3.05, 3.63) is 152 Å². The first-order valence-electron chi connectivity index (χ1n) is 17.4. The second-order valence-electron chi connectivity index (χ2n) is 12.3. The Labute approximate surface area is 325 Å². The molecule has 12 nitrogen and oxygen atoms in total. The Balaban J connectivity index is 1.70. The average Bonchev–Trinajstić information content (AvgIpc) is 3.17. The summed E-state index contributed by atoms with van der Waals surface area (Å²) < 4.78 is 74.0.